The highest BCUT2D eigenvalue weighted by atomic mass is 127. The summed E-state index contributed by atoms with van der Waals surface area (Å²) in [6, 6.07) is 17.5. The second-order valence-corrected chi connectivity index (χ2v) is 9.10. The molecular formula is C24H33IN4OS. The Morgan fingerprint density at radius 1 is 1.06 bits per heavy atom. The lowest BCUT2D eigenvalue weighted by Crippen LogP contribution is -2.39. The predicted molar refractivity (Wildman–Crippen MR) is 144 cm³/mol. The third-order valence-electron chi connectivity index (χ3n) is 6.05. The molecule has 0 saturated carbocycles. The van der Waals surface area contributed by atoms with Gasteiger partial charge < -0.3 is 19.9 Å². The van der Waals surface area contributed by atoms with E-state index in [0.717, 1.165) is 50.9 Å². The van der Waals surface area contributed by atoms with Crippen molar-refractivity contribution in [1.82, 2.24) is 10.2 Å². The van der Waals surface area contributed by atoms with Crippen molar-refractivity contribution < 1.29 is 4.74 Å². The Morgan fingerprint density at radius 3 is 2.42 bits per heavy atom. The van der Waals surface area contributed by atoms with Crippen molar-refractivity contribution in [2.75, 3.05) is 56.7 Å². The molecule has 1 N–H and O–H groups in total. The number of halogens is 1. The van der Waals surface area contributed by atoms with E-state index in [0.29, 0.717) is 5.92 Å². The molecule has 0 spiro atoms. The van der Waals surface area contributed by atoms with Gasteiger partial charge in [-0.05, 0) is 41.8 Å². The molecule has 0 aliphatic carbocycles. The quantitative estimate of drug-likeness (QED) is 0.338. The van der Waals surface area contributed by atoms with Crippen LogP contribution in [0, 0.1) is 0 Å². The third-order valence-corrected chi connectivity index (χ3v) is 6.99. The molecule has 5 nitrogen and oxygen atoms in total. The smallest absolute Gasteiger partial charge is 0.193 e. The number of likely N-dealkylation sites (tertiary alicyclic amines) is 1. The zero-order valence-electron chi connectivity index (χ0n) is 18.4. The normalized spacial score (nSPS) is 19.2. The van der Waals surface area contributed by atoms with Crippen LogP contribution in [0.25, 0.3) is 0 Å². The molecule has 0 amide bonds. The van der Waals surface area contributed by atoms with Gasteiger partial charge in [0, 0.05) is 62.9 Å². The second kappa shape index (κ2) is 11.9. The first-order valence-electron chi connectivity index (χ1n) is 10.8. The Kier molecular flexibility index (Phi) is 9.19. The first-order valence-corrected chi connectivity index (χ1v) is 11.9. The second-order valence-electron chi connectivity index (χ2n) is 7.87. The number of rotatable bonds is 5. The molecule has 0 radical (unpaired) electrons. The number of hydrogen-bond acceptors (Lipinski definition) is 4. The lowest BCUT2D eigenvalue weighted by Gasteiger charge is -2.28. The van der Waals surface area contributed by atoms with Gasteiger partial charge in [-0.25, -0.2) is 0 Å². The van der Waals surface area contributed by atoms with Crippen molar-refractivity contribution in [2.45, 2.75) is 18.9 Å². The minimum absolute atomic E-state index is 0. The first kappa shape index (κ1) is 24.0. The maximum atomic E-state index is 5.28. The van der Waals surface area contributed by atoms with Crippen molar-refractivity contribution in [1.29, 1.82) is 0 Å². The molecule has 168 valence electrons. The molecule has 31 heavy (non-hydrogen) atoms. The third kappa shape index (κ3) is 6.22. The molecule has 2 aromatic carbocycles. The van der Waals surface area contributed by atoms with Crippen LogP contribution in [0.15, 0.2) is 53.5 Å². The molecule has 0 aromatic heterocycles. The van der Waals surface area contributed by atoms with Crippen LogP contribution in [-0.2, 0) is 6.54 Å². The molecule has 4 rings (SSSR count). The number of nitrogens with zero attached hydrogens (tertiary/aromatic N) is 3. The fourth-order valence-corrected chi connectivity index (χ4v) is 5.16. The van der Waals surface area contributed by atoms with Gasteiger partial charge >= 0.3 is 0 Å². The van der Waals surface area contributed by atoms with Gasteiger partial charge in [-0.1, -0.05) is 24.3 Å². The van der Waals surface area contributed by atoms with E-state index in [2.05, 4.69) is 68.6 Å². The van der Waals surface area contributed by atoms with Gasteiger partial charge in [0.1, 0.15) is 5.75 Å². The van der Waals surface area contributed by atoms with Crippen LogP contribution in [0.1, 0.15) is 23.5 Å². The summed E-state index contributed by atoms with van der Waals surface area (Å²) in [4.78, 5) is 9.38. The summed E-state index contributed by atoms with van der Waals surface area (Å²) in [5, 5.41) is 3.56. The number of benzene rings is 2. The number of aliphatic imine (C=N–C) groups is 1. The number of thioether (sulfide) groups is 1. The highest BCUT2D eigenvalue weighted by Gasteiger charge is 2.26. The Balaban J connectivity index is 0.00000272. The average molecular weight is 553 g/mol. The molecule has 2 aliphatic rings. The van der Waals surface area contributed by atoms with E-state index in [9.17, 15) is 0 Å². The van der Waals surface area contributed by atoms with Crippen molar-refractivity contribution in [3.8, 4) is 5.75 Å². The van der Waals surface area contributed by atoms with Crippen LogP contribution >= 0.6 is 35.7 Å². The summed E-state index contributed by atoms with van der Waals surface area (Å²) in [5.41, 5.74) is 4.00. The van der Waals surface area contributed by atoms with Crippen molar-refractivity contribution in [3.63, 3.8) is 0 Å². The highest BCUT2D eigenvalue weighted by molar-refractivity contribution is 14.0. The van der Waals surface area contributed by atoms with Gasteiger partial charge in [0.15, 0.2) is 5.96 Å². The molecule has 1 unspecified atom stereocenters. The number of anilines is 1. The van der Waals surface area contributed by atoms with E-state index < -0.39 is 0 Å². The number of guanidine groups is 1. The molecule has 7 heteroatoms. The number of hydrogen-bond donors (Lipinski definition) is 1. The van der Waals surface area contributed by atoms with Crippen molar-refractivity contribution in [2.24, 2.45) is 4.99 Å². The summed E-state index contributed by atoms with van der Waals surface area (Å²) in [6.07, 6.45) is 1.15. The summed E-state index contributed by atoms with van der Waals surface area (Å²) in [7, 11) is 3.59. The van der Waals surface area contributed by atoms with Crippen LogP contribution in [0.2, 0.25) is 0 Å². The van der Waals surface area contributed by atoms with Gasteiger partial charge in [0.2, 0.25) is 0 Å². The van der Waals surface area contributed by atoms with E-state index >= 15 is 0 Å². The van der Waals surface area contributed by atoms with Crippen LogP contribution < -0.4 is 15.0 Å². The lowest BCUT2D eigenvalue weighted by atomic mass is 9.98. The predicted octanol–water partition coefficient (Wildman–Crippen LogP) is 4.43. The molecule has 0 bridgehead atoms. The van der Waals surface area contributed by atoms with Crippen molar-refractivity contribution >= 4 is 47.4 Å². The standard InChI is InChI=1S/C24H32N4OS.HI/c1-25-24(28-12-11-21(18-28)20-5-9-23(29-2)10-6-20)26-17-19-3-7-22(8-4-19)27-13-15-30-16-14-27;/h3-10,21H,11-18H2,1-2H3,(H,25,26);1H. The SMILES string of the molecule is CN=C(NCc1ccc(N2CCSCC2)cc1)N1CCC(c2ccc(OC)cc2)C1.I. The van der Waals surface area contributed by atoms with Crippen LogP contribution in [0.4, 0.5) is 5.69 Å². The van der Waals surface area contributed by atoms with Crippen LogP contribution in [0.3, 0.4) is 0 Å². The van der Waals surface area contributed by atoms with Gasteiger partial charge in [-0.3, -0.25) is 4.99 Å². The zero-order valence-corrected chi connectivity index (χ0v) is 21.6. The monoisotopic (exact) mass is 552 g/mol. The molecule has 2 heterocycles. The lowest BCUT2D eigenvalue weighted by molar-refractivity contribution is 0.414. The number of ether oxygens (including phenoxy) is 1. The largest absolute Gasteiger partial charge is 0.497 e. The summed E-state index contributed by atoms with van der Waals surface area (Å²) in [5.74, 6) is 4.90. The fourth-order valence-electron chi connectivity index (χ4n) is 4.26. The maximum Gasteiger partial charge on any atom is 0.193 e. The molecule has 1 atom stereocenters. The van der Waals surface area contributed by atoms with E-state index in [-0.39, 0.29) is 24.0 Å². The van der Waals surface area contributed by atoms with Crippen LogP contribution in [-0.4, -0.2) is 62.7 Å². The number of methoxy groups -OCH3 is 1. The minimum atomic E-state index is 0. The summed E-state index contributed by atoms with van der Waals surface area (Å²) < 4.78 is 5.28. The fraction of sp³-hybridized carbons (Fsp3) is 0.458. The molecule has 2 aliphatic heterocycles. The van der Waals surface area contributed by atoms with Gasteiger partial charge in [-0.2, -0.15) is 11.8 Å². The maximum absolute atomic E-state index is 5.28. The number of nitrogens with one attached hydrogen (secondary N) is 1. The molecular weight excluding hydrogens is 519 g/mol. The van der Waals surface area contributed by atoms with Crippen molar-refractivity contribution in [3.05, 3.63) is 59.7 Å². The Hall–Kier alpha value is -1.61. The summed E-state index contributed by atoms with van der Waals surface area (Å²) >= 11 is 2.05. The Labute approximate surface area is 207 Å². The van der Waals surface area contributed by atoms with E-state index in [4.69, 9.17) is 4.74 Å². The van der Waals surface area contributed by atoms with Crippen LogP contribution in [0.5, 0.6) is 5.75 Å². The highest BCUT2D eigenvalue weighted by Crippen LogP contribution is 2.28. The first-order chi connectivity index (χ1) is 14.8. The molecule has 2 aromatic rings. The zero-order chi connectivity index (χ0) is 20.8. The minimum Gasteiger partial charge on any atom is -0.497 e. The topological polar surface area (TPSA) is 40.1 Å². The average Bonchev–Trinajstić information content (AvgIpc) is 3.31. The summed E-state index contributed by atoms with van der Waals surface area (Å²) in [6.45, 7) is 5.13. The Bertz CT molecular complexity index is 838. The van der Waals surface area contributed by atoms with Gasteiger partial charge in [0.25, 0.3) is 0 Å². The molecule has 2 saturated heterocycles. The van der Waals surface area contributed by atoms with E-state index in [1.807, 2.05) is 18.8 Å². The van der Waals surface area contributed by atoms with E-state index in [1.165, 1.54) is 28.3 Å². The molecule has 2 fully saturated rings. The van der Waals surface area contributed by atoms with E-state index in [1.54, 1.807) is 7.11 Å². The Morgan fingerprint density at radius 2 is 1.77 bits per heavy atom. The van der Waals surface area contributed by atoms with Gasteiger partial charge in [-0.15, -0.1) is 24.0 Å². The van der Waals surface area contributed by atoms with Gasteiger partial charge in [0.05, 0.1) is 7.11 Å².